The molecule has 124 valence electrons. The second-order valence-corrected chi connectivity index (χ2v) is 8.40. The molecule has 0 aliphatic heterocycles. The quantitative estimate of drug-likeness (QED) is 0.902. The minimum Gasteiger partial charge on any atom is -0.350 e. The van der Waals surface area contributed by atoms with Gasteiger partial charge in [-0.3, -0.25) is 4.79 Å². The van der Waals surface area contributed by atoms with Gasteiger partial charge in [0.1, 0.15) is 0 Å². The van der Waals surface area contributed by atoms with Crippen molar-refractivity contribution in [3.63, 3.8) is 0 Å². The van der Waals surface area contributed by atoms with Gasteiger partial charge in [0.05, 0.1) is 11.4 Å². The Morgan fingerprint density at radius 3 is 2.32 bits per heavy atom. The van der Waals surface area contributed by atoms with Gasteiger partial charge in [0.15, 0.2) is 0 Å². The van der Waals surface area contributed by atoms with Crippen molar-refractivity contribution in [1.29, 1.82) is 0 Å². The number of rotatable bonds is 5. The Labute approximate surface area is 133 Å². The van der Waals surface area contributed by atoms with Crippen molar-refractivity contribution in [2.24, 2.45) is 0 Å². The van der Waals surface area contributed by atoms with Gasteiger partial charge < -0.3 is 5.32 Å². The Hall–Kier alpha value is -1.40. The summed E-state index contributed by atoms with van der Waals surface area (Å²) < 4.78 is 26.8. The molecular formula is C16H26N2O3S. The van der Waals surface area contributed by atoms with Gasteiger partial charge in [0, 0.05) is 12.1 Å². The fraction of sp³-hybridized carbons (Fsp3) is 0.562. The third kappa shape index (κ3) is 4.81. The van der Waals surface area contributed by atoms with Crippen LogP contribution >= 0.6 is 0 Å². The molecule has 1 aromatic rings. The number of amides is 1. The van der Waals surface area contributed by atoms with E-state index in [2.05, 4.69) is 5.32 Å². The van der Waals surface area contributed by atoms with Crippen LogP contribution in [0.2, 0.25) is 0 Å². The van der Waals surface area contributed by atoms with Crippen LogP contribution in [-0.2, 0) is 14.8 Å². The number of hydrogen-bond acceptors (Lipinski definition) is 3. The molecule has 0 unspecified atom stereocenters. The summed E-state index contributed by atoms with van der Waals surface area (Å²) in [4.78, 5) is 12.3. The van der Waals surface area contributed by atoms with Crippen LogP contribution in [0.15, 0.2) is 23.1 Å². The minimum absolute atomic E-state index is 0.177. The minimum atomic E-state index is -3.68. The highest BCUT2D eigenvalue weighted by atomic mass is 32.2. The molecule has 0 radical (unpaired) electrons. The van der Waals surface area contributed by atoms with E-state index >= 15 is 0 Å². The Balaban J connectivity index is 3.07. The van der Waals surface area contributed by atoms with E-state index in [1.165, 1.54) is 4.31 Å². The standard InChI is InChI=1S/C16H26N2O3S/c1-7-18(11-15(19)17-16(4,5)6)22(20,21)14-10-12(2)8-9-13(14)3/h8-10H,7,11H2,1-6H3,(H,17,19). The molecule has 5 nitrogen and oxygen atoms in total. The number of hydrogen-bond donors (Lipinski definition) is 1. The highest BCUT2D eigenvalue weighted by Gasteiger charge is 2.27. The molecule has 6 heteroatoms. The average molecular weight is 326 g/mol. The maximum Gasteiger partial charge on any atom is 0.243 e. The number of benzene rings is 1. The Morgan fingerprint density at radius 2 is 1.82 bits per heavy atom. The summed E-state index contributed by atoms with van der Waals surface area (Å²) in [6.07, 6.45) is 0. The van der Waals surface area contributed by atoms with E-state index in [9.17, 15) is 13.2 Å². The molecule has 0 saturated carbocycles. The van der Waals surface area contributed by atoms with Crippen molar-refractivity contribution in [3.05, 3.63) is 29.3 Å². The van der Waals surface area contributed by atoms with Gasteiger partial charge in [-0.15, -0.1) is 0 Å². The lowest BCUT2D eigenvalue weighted by molar-refractivity contribution is -0.122. The van der Waals surface area contributed by atoms with Gasteiger partial charge in [-0.05, 0) is 51.8 Å². The van der Waals surface area contributed by atoms with Crippen LogP contribution < -0.4 is 5.32 Å². The lowest BCUT2D eigenvalue weighted by atomic mass is 10.1. The fourth-order valence-corrected chi connectivity index (χ4v) is 3.82. The molecule has 0 fully saturated rings. The van der Waals surface area contributed by atoms with Crippen molar-refractivity contribution < 1.29 is 13.2 Å². The van der Waals surface area contributed by atoms with Gasteiger partial charge in [0.2, 0.25) is 15.9 Å². The molecule has 0 aliphatic carbocycles. The molecule has 1 amide bonds. The molecule has 0 bridgehead atoms. The lowest BCUT2D eigenvalue weighted by Crippen LogP contribution is -2.47. The zero-order valence-electron chi connectivity index (χ0n) is 14.2. The van der Waals surface area contributed by atoms with Crippen molar-refractivity contribution in [2.75, 3.05) is 13.1 Å². The Kier molecular flexibility index (Phi) is 5.76. The number of carbonyl (C=O) groups excluding carboxylic acids is 1. The van der Waals surface area contributed by atoms with Crippen molar-refractivity contribution in [1.82, 2.24) is 9.62 Å². The van der Waals surface area contributed by atoms with Crippen LogP contribution in [0.4, 0.5) is 0 Å². The number of carbonyl (C=O) groups is 1. The molecule has 0 aromatic heterocycles. The third-order valence-electron chi connectivity index (χ3n) is 3.15. The number of aryl methyl sites for hydroxylation is 2. The zero-order chi connectivity index (χ0) is 17.1. The number of nitrogens with zero attached hydrogens (tertiary/aromatic N) is 1. The van der Waals surface area contributed by atoms with E-state index in [0.717, 1.165) is 5.56 Å². The topological polar surface area (TPSA) is 66.5 Å². The van der Waals surface area contributed by atoms with Crippen LogP contribution in [0.5, 0.6) is 0 Å². The molecule has 0 aliphatic rings. The van der Waals surface area contributed by atoms with Crippen molar-refractivity contribution in [2.45, 2.75) is 52.0 Å². The Morgan fingerprint density at radius 1 is 1.23 bits per heavy atom. The molecule has 1 aromatic carbocycles. The first-order valence-corrected chi connectivity index (χ1v) is 8.80. The summed E-state index contributed by atoms with van der Waals surface area (Å²) in [6, 6.07) is 5.30. The number of nitrogens with one attached hydrogen (secondary N) is 1. The van der Waals surface area contributed by atoms with E-state index in [4.69, 9.17) is 0 Å². The molecule has 0 spiro atoms. The van der Waals surface area contributed by atoms with Gasteiger partial charge in [-0.1, -0.05) is 19.1 Å². The number of likely N-dealkylation sites (N-methyl/N-ethyl adjacent to an activating group) is 1. The van der Waals surface area contributed by atoms with E-state index in [-0.39, 0.29) is 29.4 Å². The van der Waals surface area contributed by atoms with Crippen LogP contribution in [0.1, 0.15) is 38.8 Å². The first kappa shape index (κ1) is 18.6. The predicted octanol–water partition coefficient (Wildman–Crippen LogP) is 2.23. The van der Waals surface area contributed by atoms with E-state index in [1.807, 2.05) is 33.8 Å². The van der Waals surface area contributed by atoms with Crippen LogP contribution in [0, 0.1) is 13.8 Å². The highest BCUT2D eigenvalue weighted by molar-refractivity contribution is 7.89. The van der Waals surface area contributed by atoms with Crippen LogP contribution in [0.3, 0.4) is 0 Å². The van der Waals surface area contributed by atoms with Gasteiger partial charge in [-0.2, -0.15) is 4.31 Å². The smallest absolute Gasteiger partial charge is 0.243 e. The molecule has 1 N–H and O–H groups in total. The summed E-state index contributed by atoms with van der Waals surface area (Å²) in [5.74, 6) is -0.303. The lowest BCUT2D eigenvalue weighted by Gasteiger charge is -2.25. The first-order chi connectivity index (χ1) is 9.97. The summed E-state index contributed by atoms with van der Waals surface area (Å²) in [7, 11) is -3.68. The highest BCUT2D eigenvalue weighted by Crippen LogP contribution is 2.21. The predicted molar refractivity (Wildman–Crippen MR) is 88.2 cm³/mol. The van der Waals surface area contributed by atoms with Crippen LogP contribution in [0.25, 0.3) is 0 Å². The molecular weight excluding hydrogens is 300 g/mol. The Bertz CT molecular complexity index is 646. The molecule has 0 heterocycles. The summed E-state index contributed by atoms with van der Waals surface area (Å²) >= 11 is 0. The average Bonchev–Trinajstić information content (AvgIpc) is 2.36. The summed E-state index contributed by atoms with van der Waals surface area (Å²) in [5, 5.41) is 2.79. The molecule has 0 atom stereocenters. The van der Waals surface area contributed by atoms with Gasteiger partial charge in [0.25, 0.3) is 0 Å². The van der Waals surface area contributed by atoms with Gasteiger partial charge in [-0.25, -0.2) is 8.42 Å². The van der Waals surface area contributed by atoms with E-state index in [0.29, 0.717) is 5.56 Å². The largest absolute Gasteiger partial charge is 0.350 e. The third-order valence-corrected chi connectivity index (χ3v) is 5.21. The van der Waals surface area contributed by atoms with Gasteiger partial charge >= 0.3 is 0 Å². The van der Waals surface area contributed by atoms with Crippen molar-refractivity contribution >= 4 is 15.9 Å². The SMILES string of the molecule is CCN(CC(=O)NC(C)(C)C)S(=O)(=O)c1cc(C)ccc1C. The zero-order valence-corrected chi connectivity index (χ0v) is 15.0. The second kappa shape index (κ2) is 6.79. The van der Waals surface area contributed by atoms with Crippen LogP contribution in [-0.4, -0.2) is 37.3 Å². The normalized spacial score (nSPS) is 12.5. The molecule has 22 heavy (non-hydrogen) atoms. The molecule has 1 rings (SSSR count). The summed E-state index contributed by atoms with van der Waals surface area (Å²) in [6.45, 7) is 11.0. The second-order valence-electron chi connectivity index (χ2n) is 6.50. The maximum absolute atomic E-state index is 12.8. The maximum atomic E-state index is 12.8. The fourth-order valence-electron chi connectivity index (χ4n) is 2.11. The monoisotopic (exact) mass is 326 g/mol. The van der Waals surface area contributed by atoms with E-state index < -0.39 is 10.0 Å². The number of sulfonamides is 1. The van der Waals surface area contributed by atoms with E-state index in [1.54, 1.807) is 26.0 Å². The van der Waals surface area contributed by atoms with Crippen molar-refractivity contribution in [3.8, 4) is 0 Å². The first-order valence-electron chi connectivity index (χ1n) is 7.36. The molecule has 0 saturated heterocycles. The summed E-state index contributed by atoms with van der Waals surface area (Å²) in [5.41, 5.74) is 1.17.